The van der Waals surface area contributed by atoms with E-state index in [4.69, 9.17) is 0 Å². The summed E-state index contributed by atoms with van der Waals surface area (Å²) in [6.07, 6.45) is 0. The molecule has 0 saturated heterocycles. The van der Waals surface area contributed by atoms with Crippen molar-refractivity contribution in [1.82, 2.24) is 15.5 Å². The zero-order valence-electron chi connectivity index (χ0n) is 16.7. The summed E-state index contributed by atoms with van der Waals surface area (Å²) in [5.74, 6) is 1.36. The predicted octanol–water partition coefficient (Wildman–Crippen LogP) is 3.09. The van der Waals surface area contributed by atoms with Crippen molar-refractivity contribution in [3.8, 4) is 0 Å². The highest BCUT2D eigenvalue weighted by Crippen LogP contribution is 2.05. The molecule has 0 fully saturated rings. The van der Waals surface area contributed by atoms with E-state index in [2.05, 4.69) is 48.2 Å². The summed E-state index contributed by atoms with van der Waals surface area (Å²) < 4.78 is 12.2. The fourth-order valence-electron chi connectivity index (χ4n) is 2.68. The average Bonchev–Trinajstić information content (AvgIpc) is 2.58. The van der Waals surface area contributed by atoms with Gasteiger partial charge in [0, 0.05) is 42.4 Å². The highest BCUT2D eigenvalue weighted by atomic mass is 127. The summed E-state index contributed by atoms with van der Waals surface area (Å²) in [6.45, 7) is 14.0. The number of halogens is 1. The second-order valence-electron chi connectivity index (χ2n) is 6.48. The topological polar surface area (TPSA) is 56.7 Å². The van der Waals surface area contributed by atoms with Crippen LogP contribution in [0.5, 0.6) is 0 Å². The summed E-state index contributed by atoms with van der Waals surface area (Å²) in [5.41, 5.74) is 0. The number of hydrogen-bond donors (Lipinski definition) is 2. The van der Waals surface area contributed by atoms with Crippen molar-refractivity contribution in [1.29, 1.82) is 0 Å². The monoisotopic (exact) mass is 494 g/mol. The zero-order valence-corrected chi connectivity index (χ0v) is 19.8. The first-order valence-corrected chi connectivity index (χ1v) is 10.5. The summed E-state index contributed by atoms with van der Waals surface area (Å²) in [5, 5.41) is 6.53. The van der Waals surface area contributed by atoms with E-state index < -0.39 is 10.8 Å². The molecule has 0 aliphatic rings. The first-order valence-electron chi connectivity index (χ1n) is 9.17. The highest BCUT2D eigenvalue weighted by Gasteiger charge is 2.12. The number of nitrogens with zero attached hydrogens (tertiary/aromatic N) is 2. The van der Waals surface area contributed by atoms with E-state index in [0.717, 1.165) is 30.5 Å². The minimum absolute atomic E-state index is 0. The molecule has 1 aromatic rings. The van der Waals surface area contributed by atoms with Crippen molar-refractivity contribution in [3.63, 3.8) is 0 Å². The van der Waals surface area contributed by atoms with Gasteiger partial charge in [0.2, 0.25) is 0 Å². The van der Waals surface area contributed by atoms with Crippen LogP contribution in [0.15, 0.2) is 40.2 Å². The van der Waals surface area contributed by atoms with Crippen molar-refractivity contribution in [2.75, 3.05) is 31.9 Å². The van der Waals surface area contributed by atoms with Crippen LogP contribution in [0.25, 0.3) is 0 Å². The minimum atomic E-state index is -0.983. The summed E-state index contributed by atoms with van der Waals surface area (Å²) in [4.78, 5) is 7.94. The molecule has 0 bridgehead atoms. The van der Waals surface area contributed by atoms with Gasteiger partial charge in [-0.2, -0.15) is 0 Å². The van der Waals surface area contributed by atoms with Crippen molar-refractivity contribution < 1.29 is 4.21 Å². The van der Waals surface area contributed by atoms with Gasteiger partial charge in [-0.3, -0.25) is 14.1 Å². The molecule has 0 aliphatic carbocycles. The molecule has 150 valence electrons. The molecule has 7 heteroatoms. The van der Waals surface area contributed by atoms with Crippen LogP contribution in [0.4, 0.5) is 0 Å². The van der Waals surface area contributed by atoms with Gasteiger partial charge >= 0.3 is 0 Å². The predicted molar refractivity (Wildman–Crippen MR) is 124 cm³/mol. The Balaban J connectivity index is 0.00000625. The van der Waals surface area contributed by atoms with Crippen LogP contribution in [-0.2, 0) is 10.8 Å². The fraction of sp³-hybridized carbons (Fsp3) is 0.632. The second kappa shape index (κ2) is 14.4. The van der Waals surface area contributed by atoms with Gasteiger partial charge in [-0.1, -0.05) is 18.2 Å². The van der Waals surface area contributed by atoms with Crippen LogP contribution >= 0.6 is 24.0 Å². The van der Waals surface area contributed by atoms with Crippen molar-refractivity contribution in [2.24, 2.45) is 4.99 Å². The van der Waals surface area contributed by atoms with Crippen LogP contribution in [0.3, 0.4) is 0 Å². The van der Waals surface area contributed by atoms with Crippen LogP contribution < -0.4 is 10.6 Å². The SMILES string of the molecule is CCNC(=NCCN(C(C)C)C(C)C)NCCS(=O)c1ccccc1.I. The van der Waals surface area contributed by atoms with E-state index in [-0.39, 0.29) is 24.0 Å². The lowest BCUT2D eigenvalue weighted by Crippen LogP contribution is -2.41. The van der Waals surface area contributed by atoms with Crippen LogP contribution in [-0.4, -0.2) is 59.1 Å². The molecule has 0 aliphatic heterocycles. The van der Waals surface area contributed by atoms with Gasteiger partial charge in [0.1, 0.15) is 0 Å². The molecule has 1 atom stereocenters. The Hall–Kier alpha value is -0.670. The Morgan fingerprint density at radius 2 is 1.73 bits per heavy atom. The van der Waals surface area contributed by atoms with Crippen molar-refractivity contribution >= 4 is 40.7 Å². The number of rotatable bonds is 10. The highest BCUT2D eigenvalue weighted by molar-refractivity contribution is 14.0. The van der Waals surface area contributed by atoms with Gasteiger partial charge in [0.05, 0.1) is 17.3 Å². The Bertz CT molecular complexity index is 530. The molecule has 1 unspecified atom stereocenters. The normalized spacial score (nSPS) is 13.0. The molecule has 0 heterocycles. The summed E-state index contributed by atoms with van der Waals surface area (Å²) in [7, 11) is -0.983. The standard InChI is InChI=1S/C19H34N4OS.HI/c1-6-20-19(21-12-14-23(16(2)3)17(4)5)22-13-15-25(24)18-10-8-7-9-11-18;/h7-11,16-17H,6,12-15H2,1-5H3,(H2,20,21,22);1H. The van der Waals surface area contributed by atoms with Gasteiger partial charge in [0.25, 0.3) is 0 Å². The van der Waals surface area contributed by atoms with E-state index in [1.807, 2.05) is 37.3 Å². The number of guanidine groups is 1. The quantitative estimate of drug-likeness (QED) is 0.298. The molecule has 0 saturated carbocycles. The molecule has 1 aromatic carbocycles. The molecular formula is C19H35IN4OS. The maximum absolute atomic E-state index is 12.2. The Morgan fingerprint density at radius 3 is 2.27 bits per heavy atom. The minimum Gasteiger partial charge on any atom is -0.357 e. The zero-order chi connectivity index (χ0) is 18.7. The maximum Gasteiger partial charge on any atom is 0.191 e. The molecule has 2 N–H and O–H groups in total. The van der Waals surface area contributed by atoms with Crippen molar-refractivity contribution in [3.05, 3.63) is 30.3 Å². The average molecular weight is 494 g/mol. The third-order valence-electron chi connectivity index (χ3n) is 3.88. The molecular weight excluding hydrogens is 459 g/mol. The fourth-order valence-corrected chi connectivity index (χ4v) is 3.67. The molecule has 0 amide bonds. The number of benzene rings is 1. The third-order valence-corrected chi connectivity index (χ3v) is 5.26. The number of aliphatic imine (C=N–C) groups is 1. The van der Waals surface area contributed by atoms with E-state index >= 15 is 0 Å². The Morgan fingerprint density at radius 1 is 1.12 bits per heavy atom. The summed E-state index contributed by atoms with van der Waals surface area (Å²) >= 11 is 0. The molecule has 0 radical (unpaired) electrons. The molecule has 0 spiro atoms. The maximum atomic E-state index is 12.2. The van der Waals surface area contributed by atoms with Crippen LogP contribution in [0, 0.1) is 0 Å². The van der Waals surface area contributed by atoms with Crippen LogP contribution in [0.1, 0.15) is 34.6 Å². The molecule has 1 rings (SSSR count). The molecule has 0 aromatic heterocycles. The smallest absolute Gasteiger partial charge is 0.191 e. The lowest BCUT2D eigenvalue weighted by Gasteiger charge is -2.29. The number of hydrogen-bond acceptors (Lipinski definition) is 3. The van der Waals surface area contributed by atoms with Crippen LogP contribution in [0.2, 0.25) is 0 Å². The van der Waals surface area contributed by atoms with Gasteiger partial charge < -0.3 is 10.6 Å². The van der Waals surface area contributed by atoms with Gasteiger partial charge in [0.15, 0.2) is 5.96 Å². The van der Waals surface area contributed by atoms with Gasteiger partial charge in [-0.15, -0.1) is 24.0 Å². The number of nitrogens with one attached hydrogen (secondary N) is 2. The summed E-state index contributed by atoms with van der Waals surface area (Å²) in [6, 6.07) is 10.6. The van der Waals surface area contributed by atoms with E-state index in [0.29, 0.717) is 24.4 Å². The largest absolute Gasteiger partial charge is 0.357 e. The van der Waals surface area contributed by atoms with E-state index in [9.17, 15) is 4.21 Å². The first kappa shape index (κ1) is 25.3. The van der Waals surface area contributed by atoms with Gasteiger partial charge in [-0.25, -0.2) is 0 Å². The molecule has 5 nitrogen and oxygen atoms in total. The lowest BCUT2D eigenvalue weighted by molar-refractivity contribution is 0.181. The van der Waals surface area contributed by atoms with Gasteiger partial charge in [-0.05, 0) is 46.8 Å². The second-order valence-corrected chi connectivity index (χ2v) is 8.05. The van der Waals surface area contributed by atoms with E-state index in [1.54, 1.807) is 0 Å². The van der Waals surface area contributed by atoms with E-state index in [1.165, 1.54) is 0 Å². The first-order chi connectivity index (χ1) is 12.0. The third kappa shape index (κ3) is 9.87. The Kier molecular flexibility index (Phi) is 14.0. The molecule has 26 heavy (non-hydrogen) atoms. The van der Waals surface area contributed by atoms with Crippen molar-refractivity contribution in [2.45, 2.75) is 51.6 Å². The lowest BCUT2D eigenvalue weighted by atomic mass is 10.2. The Labute approximate surface area is 178 Å².